The molecule has 0 heterocycles. The lowest BCUT2D eigenvalue weighted by atomic mass is 10.2. The molecule has 0 aliphatic heterocycles. The molecule has 0 saturated heterocycles. The molecular formula is C12H24N2O3. The average molecular weight is 244 g/mol. The molecule has 1 rings (SSSR count). The molecule has 5 nitrogen and oxygen atoms in total. The van der Waals surface area contributed by atoms with Crippen molar-refractivity contribution in [1.82, 2.24) is 4.90 Å². The van der Waals surface area contributed by atoms with Crippen molar-refractivity contribution in [3.05, 3.63) is 0 Å². The van der Waals surface area contributed by atoms with Gasteiger partial charge in [0.2, 0.25) is 0 Å². The van der Waals surface area contributed by atoms with Gasteiger partial charge in [-0.05, 0) is 40.5 Å². The molecular weight excluding hydrogens is 220 g/mol. The third-order valence-corrected chi connectivity index (χ3v) is 2.75. The number of nitrogens with zero attached hydrogens (tertiary/aromatic N) is 1. The summed E-state index contributed by atoms with van der Waals surface area (Å²) >= 11 is 0. The zero-order chi connectivity index (χ0) is 13.3. The van der Waals surface area contributed by atoms with Gasteiger partial charge in [-0.1, -0.05) is 0 Å². The largest absolute Gasteiger partial charge is 0.444 e. The van der Waals surface area contributed by atoms with Gasteiger partial charge >= 0.3 is 6.09 Å². The normalized spacial score (nSPS) is 19.6. The third-order valence-electron chi connectivity index (χ3n) is 2.75. The molecule has 0 aromatic rings. The number of methoxy groups -OCH3 is 1. The maximum absolute atomic E-state index is 12.1. The number of hydrogen-bond acceptors (Lipinski definition) is 4. The molecule has 1 amide bonds. The Kier molecular flexibility index (Phi) is 4.04. The molecule has 1 saturated carbocycles. The Morgan fingerprint density at radius 2 is 2.00 bits per heavy atom. The van der Waals surface area contributed by atoms with Crippen LogP contribution >= 0.6 is 0 Å². The van der Waals surface area contributed by atoms with E-state index in [9.17, 15) is 4.79 Å². The van der Waals surface area contributed by atoms with Gasteiger partial charge in [0.1, 0.15) is 5.60 Å². The molecule has 1 atom stereocenters. The monoisotopic (exact) mass is 244 g/mol. The summed E-state index contributed by atoms with van der Waals surface area (Å²) in [5, 5.41) is 0. The maximum atomic E-state index is 12.1. The van der Waals surface area contributed by atoms with Crippen LogP contribution in [0.3, 0.4) is 0 Å². The van der Waals surface area contributed by atoms with E-state index in [2.05, 4.69) is 0 Å². The van der Waals surface area contributed by atoms with Crippen LogP contribution in [0, 0.1) is 0 Å². The van der Waals surface area contributed by atoms with Crippen LogP contribution in [-0.4, -0.2) is 42.0 Å². The SMILES string of the molecule is COCC1(N(C(=O)OC(C)(C)C)C(C)N)CC1. The first-order valence-electron chi connectivity index (χ1n) is 5.99. The van der Waals surface area contributed by atoms with E-state index in [1.54, 1.807) is 18.9 Å². The number of rotatable bonds is 4. The topological polar surface area (TPSA) is 64.8 Å². The highest BCUT2D eigenvalue weighted by Crippen LogP contribution is 2.43. The molecule has 0 spiro atoms. The quantitative estimate of drug-likeness (QED) is 0.765. The summed E-state index contributed by atoms with van der Waals surface area (Å²) in [6.45, 7) is 7.84. The lowest BCUT2D eigenvalue weighted by molar-refractivity contribution is -0.01000. The number of nitrogens with two attached hydrogens (primary N) is 1. The fourth-order valence-corrected chi connectivity index (χ4v) is 1.97. The van der Waals surface area contributed by atoms with Gasteiger partial charge in [0, 0.05) is 7.11 Å². The molecule has 0 bridgehead atoms. The summed E-state index contributed by atoms with van der Waals surface area (Å²) in [5.74, 6) is 0. The van der Waals surface area contributed by atoms with E-state index in [4.69, 9.17) is 15.2 Å². The van der Waals surface area contributed by atoms with Crippen LogP contribution in [0.5, 0.6) is 0 Å². The molecule has 0 aromatic carbocycles. The number of carbonyl (C=O) groups excluding carboxylic acids is 1. The number of carbonyl (C=O) groups is 1. The highest BCUT2D eigenvalue weighted by Gasteiger charge is 2.52. The summed E-state index contributed by atoms with van der Waals surface area (Å²) in [5.41, 5.74) is 5.12. The van der Waals surface area contributed by atoms with Crippen molar-refractivity contribution in [2.45, 2.75) is 57.8 Å². The summed E-state index contributed by atoms with van der Waals surface area (Å²) in [6, 6.07) is 0. The summed E-state index contributed by atoms with van der Waals surface area (Å²) < 4.78 is 10.6. The molecule has 1 unspecified atom stereocenters. The highest BCUT2D eigenvalue weighted by atomic mass is 16.6. The van der Waals surface area contributed by atoms with Crippen molar-refractivity contribution in [2.75, 3.05) is 13.7 Å². The Morgan fingerprint density at radius 1 is 1.47 bits per heavy atom. The van der Waals surface area contributed by atoms with Crippen molar-refractivity contribution in [3.63, 3.8) is 0 Å². The Bertz CT molecular complexity index is 280. The van der Waals surface area contributed by atoms with Gasteiger partial charge in [-0.25, -0.2) is 4.79 Å². The Hall–Kier alpha value is -0.810. The first-order valence-corrected chi connectivity index (χ1v) is 5.99. The lowest BCUT2D eigenvalue weighted by Gasteiger charge is -2.36. The summed E-state index contributed by atoms with van der Waals surface area (Å²) in [7, 11) is 1.63. The number of ether oxygens (including phenoxy) is 2. The molecule has 0 aromatic heterocycles. The predicted octanol–water partition coefficient (Wildman–Crippen LogP) is 1.71. The first-order chi connectivity index (χ1) is 7.72. The molecule has 1 fully saturated rings. The van der Waals surface area contributed by atoms with Gasteiger partial charge < -0.3 is 15.2 Å². The minimum absolute atomic E-state index is 0.259. The fraction of sp³-hybridized carbons (Fsp3) is 0.917. The minimum atomic E-state index is -0.507. The zero-order valence-corrected chi connectivity index (χ0v) is 11.4. The van der Waals surface area contributed by atoms with Crippen LogP contribution in [0.1, 0.15) is 40.5 Å². The summed E-state index contributed by atoms with van der Waals surface area (Å²) in [4.78, 5) is 13.7. The molecule has 1 aliphatic rings. The van der Waals surface area contributed by atoms with E-state index in [0.717, 1.165) is 12.8 Å². The van der Waals surface area contributed by atoms with Gasteiger partial charge in [-0.3, -0.25) is 4.90 Å². The molecule has 0 radical (unpaired) electrons. The predicted molar refractivity (Wildman–Crippen MR) is 65.6 cm³/mol. The van der Waals surface area contributed by atoms with Gasteiger partial charge in [-0.15, -0.1) is 0 Å². The van der Waals surface area contributed by atoms with Crippen molar-refractivity contribution in [1.29, 1.82) is 0 Å². The summed E-state index contributed by atoms with van der Waals surface area (Å²) in [6.07, 6.45) is 1.10. The van der Waals surface area contributed by atoms with Gasteiger partial charge in [0.05, 0.1) is 18.3 Å². The third kappa shape index (κ3) is 3.57. The van der Waals surface area contributed by atoms with Gasteiger partial charge in [-0.2, -0.15) is 0 Å². The zero-order valence-electron chi connectivity index (χ0n) is 11.4. The molecule has 1 aliphatic carbocycles. The Balaban J connectivity index is 2.77. The van der Waals surface area contributed by atoms with Crippen LogP contribution in [-0.2, 0) is 9.47 Å². The molecule has 2 N–H and O–H groups in total. The van der Waals surface area contributed by atoms with E-state index < -0.39 is 5.60 Å². The smallest absolute Gasteiger partial charge is 0.412 e. The van der Waals surface area contributed by atoms with E-state index >= 15 is 0 Å². The molecule has 100 valence electrons. The van der Waals surface area contributed by atoms with Crippen molar-refractivity contribution in [2.24, 2.45) is 5.73 Å². The molecule has 17 heavy (non-hydrogen) atoms. The highest BCUT2D eigenvalue weighted by molar-refractivity contribution is 5.70. The van der Waals surface area contributed by atoms with Crippen LogP contribution in [0.2, 0.25) is 0 Å². The second kappa shape index (κ2) is 4.82. The van der Waals surface area contributed by atoms with Crippen molar-refractivity contribution in [3.8, 4) is 0 Å². The number of amides is 1. The van der Waals surface area contributed by atoms with Crippen LogP contribution in [0.25, 0.3) is 0 Å². The minimum Gasteiger partial charge on any atom is -0.444 e. The Morgan fingerprint density at radius 3 is 2.29 bits per heavy atom. The van der Waals surface area contributed by atoms with E-state index in [0.29, 0.717) is 6.61 Å². The first kappa shape index (κ1) is 14.3. The van der Waals surface area contributed by atoms with E-state index in [1.165, 1.54) is 0 Å². The lowest BCUT2D eigenvalue weighted by Crippen LogP contribution is -2.54. The Labute approximate surface area is 103 Å². The molecule has 5 heteroatoms. The second-order valence-electron chi connectivity index (χ2n) is 5.75. The van der Waals surface area contributed by atoms with Crippen molar-refractivity contribution >= 4 is 6.09 Å². The van der Waals surface area contributed by atoms with Gasteiger partial charge in [0.15, 0.2) is 0 Å². The van der Waals surface area contributed by atoms with Crippen LogP contribution in [0.15, 0.2) is 0 Å². The number of hydrogen-bond donors (Lipinski definition) is 1. The average Bonchev–Trinajstić information content (AvgIpc) is 2.81. The van der Waals surface area contributed by atoms with Crippen LogP contribution in [0.4, 0.5) is 4.79 Å². The van der Waals surface area contributed by atoms with E-state index in [-0.39, 0.29) is 17.8 Å². The van der Waals surface area contributed by atoms with Gasteiger partial charge in [0.25, 0.3) is 0 Å². The maximum Gasteiger partial charge on any atom is 0.412 e. The van der Waals surface area contributed by atoms with Crippen molar-refractivity contribution < 1.29 is 14.3 Å². The fourth-order valence-electron chi connectivity index (χ4n) is 1.97. The standard InChI is InChI=1S/C12H24N2O3/c1-9(13)14(10(15)17-11(2,3)4)12(6-7-12)8-16-5/h9H,6-8,13H2,1-5H3. The second-order valence-corrected chi connectivity index (χ2v) is 5.75. The van der Waals surface area contributed by atoms with E-state index in [1.807, 2.05) is 20.8 Å². The van der Waals surface area contributed by atoms with Crippen LogP contribution < -0.4 is 5.73 Å².